The predicted octanol–water partition coefficient (Wildman–Crippen LogP) is 4.73. The van der Waals surface area contributed by atoms with E-state index >= 15 is 0 Å². The molecular formula is C22H28ClNO4S. The van der Waals surface area contributed by atoms with E-state index in [1.54, 1.807) is 12.1 Å². The second-order valence-corrected chi connectivity index (χ2v) is 9.49. The van der Waals surface area contributed by atoms with Crippen LogP contribution in [0.25, 0.3) is 0 Å². The first-order valence-corrected chi connectivity index (χ1v) is 12.0. The molecule has 0 spiro atoms. The Kier molecular flexibility index (Phi) is 8.11. The molecule has 0 bridgehead atoms. The molecule has 0 atom stereocenters. The molecule has 0 saturated heterocycles. The van der Waals surface area contributed by atoms with Gasteiger partial charge in [0.15, 0.2) is 9.84 Å². The van der Waals surface area contributed by atoms with Gasteiger partial charge in [-0.2, -0.15) is 0 Å². The molecule has 0 radical (unpaired) electrons. The average molecular weight is 438 g/mol. The van der Waals surface area contributed by atoms with Gasteiger partial charge in [-0.05, 0) is 61.2 Å². The molecule has 0 heterocycles. The highest BCUT2D eigenvalue weighted by Crippen LogP contribution is 2.30. The van der Waals surface area contributed by atoms with Crippen molar-refractivity contribution in [1.82, 2.24) is 5.32 Å². The minimum Gasteiger partial charge on any atom is -0.494 e. The fourth-order valence-corrected chi connectivity index (χ4v) is 3.97. The SMILES string of the molecule is CCC(CC)(NC(=O)CCCOc1ccc(S(C)(=O)=O)cc1)c1ccc(Cl)cc1. The number of ether oxygens (including phenoxy) is 1. The summed E-state index contributed by atoms with van der Waals surface area (Å²) in [6, 6.07) is 13.9. The number of amides is 1. The largest absolute Gasteiger partial charge is 0.494 e. The normalized spacial score (nSPS) is 11.9. The predicted molar refractivity (Wildman–Crippen MR) is 116 cm³/mol. The van der Waals surface area contributed by atoms with Gasteiger partial charge in [0.05, 0.1) is 17.0 Å². The van der Waals surface area contributed by atoms with Crippen LogP contribution in [0.15, 0.2) is 53.4 Å². The lowest BCUT2D eigenvalue weighted by molar-refractivity contribution is -0.123. The summed E-state index contributed by atoms with van der Waals surface area (Å²) >= 11 is 5.99. The molecule has 0 unspecified atom stereocenters. The Bertz CT molecular complexity index is 905. The highest BCUT2D eigenvalue weighted by molar-refractivity contribution is 7.90. The van der Waals surface area contributed by atoms with Gasteiger partial charge in [-0.1, -0.05) is 37.6 Å². The summed E-state index contributed by atoms with van der Waals surface area (Å²) in [6.45, 7) is 4.49. The molecule has 0 aliphatic carbocycles. The van der Waals surface area contributed by atoms with Crippen LogP contribution in [0.4, 0.5) is 0 Å². The van der Waals surface area contributed by atoms with Crippen LogP contribution in [0.2, 0.25) is 5.02 Å². The van der Waals surface area contributed by atoms with Gasteiger partial charge in [0.2, 0.25) is 5.91 Å². The Morgan fingerprint density at radius 2 is 1.62 bits per heavy atom. The van der Waals surface area contributed by atoms with E-state index in [0.717, 1.165) is 24.7 Å². The fraction of sp³-hybridized carbons (Fsp3) is 0.409. The number of halogens is 1. The van der Waals surface area contributed by atoms with E-state index < -0.39 is 15.4 Å². The number of sulfone groups is 1. The van der Waals surface area contributed by atoms with E-state index in [9.17, 15) is 13.2 Å². The van der Waals surface area contributed by atoms with Crippen molar-refractivity contribution in [3.8, 4) is 5.75 Å². The average Bonchev–Trinajstić information content (AvgIpc) is 2.70. The van der Waals surface area contributed by atoms with E-state index in [0.29, 0.717) is 30.2 Å². The van der Waals surface area contributed by atoms with E-state index in [-0.39, 0.29) is 10.8 Å². The molecule has 0 aliphatic rings. The van der Waals surface area contributed by atoms with Crippen molar-refractivity contribution >= 4 is 27.3 Å². The number of rotatable bonds is 10. The molecule has 158 valence electrons. The van der Waals surface area contributed by atoms with Crippen LogP contribution in [0.1, 0.15) is 45.1 Å². The summed E-state index contributed by atoms with van der Waals surface area (Å²) in [4.78, 5) is 12.8. The third-order valence-electron chi connectivity index (χ3n) is 5.05. The van der Waals surface area contributed by atoms with Crippen LogP contribution in [0.3, 0.4) is 0 Å². The summed E-state index contributed by atoms with van der Waals surface area (Å²) in [5.74, 6) is 0.551. The van der Waals surface area contributed by atoms with Gasteiger partial charge in [-0.15, -0.1) is 0 Å². The monoisotopic (exact) mass is 437 g/mol. The lowest BCUT2D eigenvalue weighted by Crippen LogP contribution is -2.45. The maximum absolute atomic E-state index is 12.5. The van der Waals surface area contributed by atoms with E-state index in [1.807, 2.05) is 24.3 Å². The minimum absolute atomic E-state index is 0.0281. The van der Waals surface area contributed by atoms with E-state index in [2.05, 4.69) is 19.2 Å². The van der Waals surface area contributed by atoms with Gasteiger partial charge in [-0.25, -0.2) is 8.42 Å². The lowest BCUT2D eigenvalue weighted by Gasteiger charge is -2.33. The van der Waals surface area contributed by atoms with Gasteiger partial charge >= 0.3 is 0 Å². The van der Waals surface area contributed by atoms with E-state index in [1.165, 1.54) is 12.1 Å². The molecule has 5 nitrogen and oxygen atoms in total. The lowest BCUT2D eigenvalue weighted by atomic mass is 9.84. The maximum atomic E-state index is 12.5. The first-order valence-electron chi connectivity index (χ1n) is 9.70. The van der Waals surface area contributed by atoms with Crippen LogP contribution < -0.4 is 10.1 Å². The van der Waals surface area contributed by atoms with Crippen molar-refractivity contribution in [3.63, 3.8) is 0 Å². The number of hydrogen-bond acceptors (Lipinski definition) is 4. The quantitative estimate of drug-likeness (QED) is 0.545. The van der Waals surface area contributed by atoms with Gasteiger partial charge in [-0.3, -0.25) is 4.79 Å². The number of carbonyl (C=O) groups is 1. The molecule has 29 heavy (non-hydrogen) atoms. The molecule has 1 amide bonds. The van der Waals surface area contributed by atoms with Crippen molar-refractivity contribution in [2.75, 3.05) is 12.9 Å². The standard InChI is InChI=1S/C22H28ClNO4S/c1-4-22(5-2,17-8-10-18(23)11-9-17)24-21(25)7-6-16-28-19-12-14-20(15-13-19)29(3,26)27/h8-15H,4-7,16H2,1-3H3,(H,24,25). The second-order valence-electron chi connectivity index (χ2n) is 7.04. The highest BCUT2D eigenvalue weighted by Gasteiger charge is 2.29. The molecule has 0 fully saturated rings. The highest BCUT2D eigenvalue weighted by atomic mass is 35.5. The first kappa shape index (κ1) is 23.2. The van der Waals surface area contributed by atoms with Crippen LogP contribution in [-0.2, 0) is 20.2 Å². The zero-order chi connectivity index (χ0) is 21.5. The Labute approximate surface area is 178 Å². The molecule has 0 aromatic heterocycles. The number of nitrogens with one attached hydrogen (secondary N) is 1. The molecule has 2 rings (SSSR count). The molecule has 2 aromatic carbocycles. The minimum atomic E-state index is -3.22. The third-order valence-corrected chi connectivity index (χ3v) is 6.43. The topological polar surface area (TPSA) is 72.5 Å². The number of carbonyl (C=O) groups excluding carboxylic acids is 1. The van der Waals surface area contributed by atoms with Crippen LogP contribution in [0, 0.1) is 0 Å². The maximum Gasteiger partial charge on any atom is 0.220 e. The summed E-state index contributed by atoms with van der Waals surface area (Å²) in [7, 11) is -3.22. The molecule has 0 saturated carbocycles. The van der Waals surface area contributed by atoms with Gasteiger partial charge < -0.3 is 10.1 Å². The van der Waals surface area contributed by atoms with Crippen molar-refractivity contribution in [1.29, 1.82) is 0 Å². The Morgan fingerprint density at radius 1 is 1.03 bits per heavy atom. The van der Waals surface area contributed by atoms with Crippen molar-refractivity contribution in [3.05, 3.63) is 59.1 Å². The fourth-order valence-electron chi connectivity index (χ4n) is 3.21. The number of benzene rings is 2. The summed E-state index contributed by atoms with van der Waals surface area (Å²) in [6.07, 6.45) is 3.62. The summed E-state index contributed by atoms with van der Waals surface area (Å²) < 4.78 is 28.6. The molecule has 7 heteroatoms. The van der Waals surface area contributed by atoms with Gasteiger partial charge in [0, 0.05) is 17.7 Å². The number of hydrogen-bond donors (Lipinski definition) is 1. The Morgan fingerprint density at radius 3 is 2.14 bits per heavy atom. The zero-order valence-electron chi connectivity index (χ0n) is 17.1. The van der Waals surface area contributed by atoms with Crippen LogP contribution in [0.5, 0.6) is 5.75 Å². The Hall–Kier alpha value is -2.05. The third kappa shape index (κ3) is 6.47. The van der Waals surface area contributed by atoms with Crippen LogP contribution >= 0.6 is 11.6 Å². The summed E-state index contributed by atoms with van der Waals surface area (Å²) in [5, 5.41) is 3.85. The molecule has 0 aliphatic heterocycles. The molecule has 1 N–H and O–H groups in total. The Balaban J connectivity index is 1.87. The van der Waals surface area contributed by atoms with Crippen molar-refractivity contribution < 1.29 is 17.9 Å². The van der Waals surface area contributed by atoms with Gasteiger partial charge in [0.25, 0.3) is 0 Å². The van der Waals surface area contributed by atoms with E-state index in [4.69, 9.17) is 16.3 Å². The van der Waals surface area contributed by atoms with Crippen molar-refractivity contribution in [2.45, 2.75) is 50.0 Å². The zero-order valence-corrected chi connectivity index (χ0v) is 18.6. The summed E-state index contributed by atoms with van der Waals surface area (Å²) in [5.41, 5.74) is 0.631. The van der Waals surface area contributed by atoms with Crippen molar-refractivity contribution in [2.24, 2.45) is 0 Å². The van der Waals surface area contributed by atoms with Crippen LogP contribution in [-0.4, -0.2) is 27.2 Å². The molecular weight excluding hydrogens is 410 g/mol. The molecule has 2 aromatic rings. The second kappa shape index (κ2) is 10.1. The first-order chi connectivity index (χ1) is 13.7. The smallest absolute Gasteiger partial charge is 0.220 e. The van der Waals surface area contributed by atoms with Gasteiger partial charge in [0.1, 0.15) is 5.75 Å².